The summed E-state index contributed by atoms with van der Waals surface area (Å²) in [5.74, 6) is -1.26. The van der Waals surface area contributed by atoms with Gasteiger partial charge in [-0.05, 0) is 43.7 Å². The second-order valence-electron chi connectivity index (χ2n) is 8.98. The van der Waals surface area contributed by atoms with Crippen molar-refractivity contribution in [2.24, 2.45) is 0 Å². The first-order valence-corrected chi connectivity index (χ1v) is 13.7. The highest BCUT2D eigenvalue weighted by Crippen LogP contribution is 2.53. The van der Waals surface area contributed by atoms with E-state index in [2.05, 4.69) is 0 Å². The number of nitrogens with zero attached hydrogens (tertiary/aromatic N) is 3. The Hall–Kier alpha value is -3.86. The minimum atomic E-state index is -4.70. The molecule has 1 aliphatic carbocycles. The highest BCUT2D eigenvalue weighted by atomic mass is 32.3. The Morgan fingerprint density at radius 2 is 1.90 bits per heavy atom. The number of amides is 2. The molecule has 1 heterocycles. The van der Waals surface area contributed by atoms with E-state index in [1.165, 1.54) is 24.3 Å². The summed E-state index contributed by atoms with van der Waals surface area (Å²) in [5.41, 5.74) is -0.784. The average molecular weight is 564 g/mol. The van der Waals surface area contributed by atoms with Crippen molar-refractivity contribution in [3.63, 3.8) is 0 Å². The van der Waals surface area contributed by atoms with Crippen LogP contribution in [-0.2, 0) is 20.5 Å². The molecule has 0 spiro atoms. The van der Waals surface area contributed by atoms with Crippen LogP contribution in [0.5, 0.6) is 0 Å². The Kier molecular flexibility index (Phi) is 7.48. The molecule has 0 saturated heterocycles. The molecule has 2 N–H and O–H groups in total. The molecule has 2 aromatic rings. The number of alkyl halides is 3. The second kappa shape index (κ2) is 10.4. The van der Waals surface area contributed by atoms with Crippen LogP contribution in [-0.4, -0.2) is 51.2 Å². The summed E-state index contributed by atoms with van der Waals surface area (Å²) in [6, 6.07) is 7.74. The first kappa shape index (κ1) is 28.2. The molecule has 0 radical (unpaired) electrons. The van der Waals surface area contributed by atoms with Crippen LogP contribution in [0.15, 0.2) is 58.6 Å². The minimum Gasteiger partial charge on any atom is -0.465 e. The van der Waals surface area contributed by atoms with Gasteiger partial charge in [-0.3, -0.25) is 23.6 Å². The third kappa shape index (κ3) is 5.36. The van der Waals surface area contributed by atoms with Crippen LogP contribution < -0.4 is 4.90 Å². The number of urea groups is 1. The summed E-state index contributed by atoms with van der Waals surface area (Å²) in [4.78, 5) is 41.7. The highest BCUT2D eigenvalue weighted by Gasteiger charge is 2.48. The molecule has 2 aromatic carbocycles. The molecule has 13 heteroatoms. The van der Waals surface area contributed by atoms with Crippen molar-refractivity contribution in [2.75, 3.05) is 24.3 Å². The smallest absolute Gasteiger partial charge is 0.416 e. The molecule has 0 aromatic heterocycles. The number of carbonyl (C=O) groups is 3. The minimum absolute atomic E-state index is 0.0205. The van der Waals surface area contributed by atoms with Gasteiger partial charge in [-0.25, -0.2) is 4.79 Å². The van der Waals surface area contributed by atoms with Crippen molar-refractivity contribution < 1.29 is 41.4 Å². The van der Waals surface area contributed by atoms with Gasteiger partial charge >= 0.3 is 18.2 Å². The number of rotatable bonds is 6. The van der Waals surface area contributed by atoms with Crippen molar-refractivity contribution >= 4 is 34.1 Å². The van der Waals surface area contributed by atoms with Crippen molar-refractivity contribution in [2.45, 2.75) is 36.9 Å². The largest absolute Gasteiger partial charge is 0.465 e. The number of halogens is 3. The first-order valence-electron chi connectivity index (χ1n) is 11.7. The first-order chi connectivity index (χ1) is 18.3. The number of hydrogen-bond acceptors (Lipinski definition) is 7. The van der Waals surface area contributed by atoms with Gasteiger partial charge in [0.25, 0.3) is 0 Å². The van der Waals surface area contributed by atoms with Crippen LogP contribution in [0.1, 0.15) is 42.5 Å². The number of ether oxygens (including phenoxy) is 1. The van der Waals surface area contributed by atoms with Crippen molar-refractivity contribution in [1.82, 2.24) is 4.90 Å². The molecule has 2 amide bonds. The monoisotopic (exact) mass is 563 g/mol. The number of Topliss-reactive ketones (excluding diaryl/α,β-unsaturated/α-hetero) is 1. The second-order valence-corrected chi connectivity index (χ2v) is 11.1. The third-order valence-corrected chi connectivity index (χ3v) is 7.57. The fourth-order valence-corrected chi connectivity index (χ4v) is 5.77. The van der Waals surface area contributed by atoms with Gasteiger partial charge in [0.15, 0.2) is 5.78 Å². The number of allylic oxidation sites excluding steroid dienone is 1. The Bertz CT molecular complexity index is 1430. The Labute approximate surface area is 223 Å². The highest BCUT2D eigenvalue weighted by molar-refractivity contribution is 8.23. The quantitative estimate of drug-likeness (QED) is 0.445. The predicted octanol–water partition coefficient (Wildman–Crippen LogP) is 5.48. The van der Waals surface area contributed by atoms with Gasteiger partial charge in [0.05, 0.1) is 40.4 Å². The van der Waals surface area contributed by atoms with Gasteiger partial charge < -0.3 is 9.64 Å². The number of ketones is 1. The molecule has 9 nitrogen and oxygen atoms in total. The Morgan fingerprint density at radius 1 is 1.18 bits per heavy atom. The SMILES string of the molecule is CCOC(=O)CN1C(=O)N(c2cccc(C(F)(F)F)c2)C2=C(C(=O)CC2)C1c1ccc(C#N)cc1S(C)(O)O. The van der Waals surface area contributed by atoms with E-state index in [9.17, 15) is 41.9 Å². The van der Waals surface area contributed by atoms with E-state index in [0.29, 0.717) is 0 Å². The van der Waals surface area contributed by atoms with E-state index in [1.807, 2.05) is 6.07 Å². The van der Waals surface area contributed by atoms with E-state index >= 15 is 0 Å². The molecule has 1 unspecified atom stereocenters. The molecule has 4 rings (SSSR count). The lowest BCUT2D eigenvalue weighted by Crippen LogP contribution is -2.52. The average Bonchev–Trinajstić information content (AvgIpc) is 3.24. The number of nitriles is 1. The third-order valence-electron chi connectivity index (χ3n) is 6.38. The maximum atomic E-state index is 14.0. The summed E-state index contributed by atoms with van der Waals surface area (Å²) in [7, 11) is -3.51. The summed E-state index contributed by atoms with van der Waals surface area (Å²) in [6.07, 6.45) is -3.59. The van der Waals surface area contributed by atoms with E-state index < -0.39 is 52.7 Å². The molecular weight excluding hydrogens is 539 g/mol. The molecule has 0 fully saturated rings. The van der Waals surface area contributed by atoms with E-state index in [-0.39, 0.29) is 52.4 Å². The van der Waals surface area contributed by atoms with Crippen LogP contribution in [0.4, 0.5) is 23.7 Å². The van der Waals surface area contributed by atoms with Crippen LogP contribution >= 0.6 is 10.6 Å². The number of carbonyl (C=O) groups excluding carboxylic acids is 3. The van der Waals surface area contributed by atoms with Crippen molar-refractivity contribution in [3.8, 4) is 6.07 Å². The molecule has 39 heavy (non-hydrogen) atoms. The summed E-state index contributed by atoms with van der Waals surface area (Å²) in [5, 5.41) is 9.35. The topological polar surface area (TPSA) is 131 Å². The van der Waals surface area contributed by atoms with Crippen LogP contribution in [0, 0.1) is 11.3 Å². The molecule has 0 bridgehead atoms. The number of benzene rings is 2. The predicted molar refractivity (Wildman–Crippen MR) is 135 cm³/mol. The standard InChI is InChI=1S/C26H24F3N3O6S/c1-3-38-22(34)14-31-24(18-8-7-15(13-30)11-21(18)39(2,36)37)23-19(9-10-20(23)33)32(25(31)35)17-6-4-5-16(12-17)26(27,28)29/h4-8,11-12,24,36-37H,3,9-10,14H2,1-2H3. The molecule has 206 valence electrons. The van der Waals surface area contributed by atoms with Crippen LogP contribution in [0.25, 0.3) is 0 Å². The summed E-state index contributed by atoms with van der Waals surface area (Å²) < 4.78 is 66.7. The Morgan fingerprint density at radius 3 is 2.51 bits per heavy atom. The lowest BCUT2D eigenvalue weighted by molar-refractivity contribution is -0.144. The van der Waals surface area contributed by atoms with E-state index in [0.717, 1.165) is 34.3 Å². The zero-order valence-electron chi connectivity index (χ0n) is 20.9. The normalized spacial score (nSPS) is 18.3. The maximum absolute atomic E-state index is 14.0. The fourth-order valence-electron chi connectivity index (χ4n) is 4.80. The molecule has 0 saturated carbocycles. The van der Waals surface area contributed by atoms with E-state index in [1.54, 1.807) is 6.92 Å². The fraction of sp³-hybridized carbons (Fsp3) is 0.308. The van der Waals surface area contributed by atoms with E-state index in [4.69, 9.17) is 4.74 Å². The van der Waals surface area contributed by atoms with Crippen molar-refractivity contribution in [1.29, 1.82) is 5.26 Å². The summed E-state index contributed by atoms with van der Waals surface area (Å²) in [6.45, 7) is 0.848. The van der Waals surface area contributed by atoms with Crippen LogP contribution in [0.2, 0.25) is 0 Å². The van der Waals surface area contributed by atoms with Crippen LogP contribution in [0.3, 0.4) is 0 Å². The molecule has 1 atom stereocenters. The summed E-state index contributed by atoms with van der Waals surface area (Å²) >= 11 is 0. The van der Waals surface area contributed by atoms with Crippen molar-refractivity contribution in [3.05, 3.63) is 70.4 Å². The Balaban J connectivity index is 1.99. The number of hydrogen-bond donors (Lipinski definition) is 2. The molecular formula is C26H24F3N3O6S. The van der Waals surface area contributed by atoms with Gasteiger partial charge in [-0.1, -0.05) is 12.1 Å². The maximum Gasteiger partial charge on any atom is 0.416 e. The number of esters is 1. The lowest BCUT2D eigenvalue weighted by atomic mass is 9.92. The lowest BCUT2D eigenvalue weighted by Gasteiger charge is -2.43. The zero-order chi connectivity index (χ0) is 28.7. The van der Waals surface area contributed by atoms with Gasteiger partial charge in [-0.2, -0.15) is 29.0 Å². The zero-order valence-corrected chi connectivity index (χ0v) is 21.7. The number of anilines is 1. The molecule has 2 aliphatic rings. The van der Waals surface area contributed by atoms with Gasteiger partial charge in [-0.15, -0.1) is 0 Å². The molecule has 1 aliphatic heterocycles. The van der Waals surface area contributed by atoms with Gasteiger partial charge in [0.2, 0.25) is 0 Å². The van der Waals surface area contributed by atoms with Gasteiger partial charge in [0, 0.05) is 29.5 Å². The van der Waals surface area contributed by atoms with Gasteiger partial charge in [0.1, 0.15) is 6.54 Å².